The van der Waals surface area contributed by atoms with Crippen LogP contribution in [-0.2, 0) is 0 Å². The smallest absolute Gasteiger partial charge is 0.0423 e. The van der Waals surface area contributed by atoms with Gasteiger partial charge in [0.2, 0.25) is 0 Å². The minimum atomic E-state index is 0.0764. The first-order valence-electron chi connectivity index (χ1n) is 3.63. The van der Waals surface area contributed by atoms with Crippen molar-refractivity contribution in [2.45, 2.75) is 38.1 Å². The van der Waals surface area contributed by atoms with E-state index in [-0.39, 0.29) is 6.04 Å². The van der Waals surface area contributed by atoms with Gasteiger partial charge in [0.1, 0.15) is 0 Å². The molecule has 1 saturated carbocycles. The van der Waals surface area contributed by atoms with E-state index in [0.29, 0.717) is 0 Å². The standard InChI is InChI=1S/C7H14N2/c8-6-4-2-1-3-5-7(6)9/h6,9H,1-5,8H2/t6-/m0/s1. The minimum Gasteiger partial charge on any atom is -0.323 e. The summed E-state index contributed by atoms with van der Waals surface area (Å²) in [7, 11) is 0. The highest BCUT2D eigenvalue weighted by Crippen LogP contribution is 2.12. The zero-order valence-electron chi connectivity index (χ0n) is 5.69. The Bertz CT molecular complexity index is 109. The molecule has 0 aliphatic heterocycles. The first-order chi connectivity index (χ1) is 4.30. The molecule has 3 N–H and O–H groups in total. The summed E-state index contributed by atoms with van der Waals surface area (Å²) in [5.74, 6) is 0. The third-order valence-electron chi connectivity index (χ3n) is 1.91. The van der Waals surface area contributed by atoms with Crippen molar-refractivity contribution in [1.82, 2.24) is 0 Å². The second-order valence-electron chi connectivity index (χ2n) is 2.73. The quantitative estimate of drug-likeness (QED) is 0.472. The highest BCUT2D eigenvalue weighted by Gasteiger charge is 2.11. The molecule has 0 heterocycles. The Hall–Kier alpha value is -0.370. The Morgan fingerprint density at radius 3 is 2.89 bits per heavy atom. The monoisotopic (exact) mass is 126 g/mol. The Kier molecular flexibility index (Phi) is 2.22. The largest absolute Gasteiger partial charge is 0.323 e. The number of hydrogen-bond donors (Lipinski definition) is 2. The average Bonchev–Trinajstić information content (AvgIpc) is 1.99. The second-order valence-corrected chi connectivity index (χ2v) is 2.73. The van der Waals surface area contributed by atoms with Gasteiger partial charge < -0.3 is 11.1 Å². The van der Waals surface area contributed by atoms with E-state index in [0.717, 1.165) is 18.6 Å². The molecule has 0 saturated heterocycles. The van der Waals surface area contributed by atoms with Gasteiger partial charge in [0.15, 0.2) is 0 Å². The van der Waals surface area contributed by atoms with Gasteiger partial charge in [-0.15, -0.1) is 0 Å². The van der Waals surface area contributed by atoms with E-state index in [4.69, 9.17) is 11.1 Å². The van der Waals surface area contributed by atoms with Crippen molar-refractivity contribution in [2.75, 3.05) is 0 Å². The van der Waals surface area contributed by atoms with Crippen LogP contribution in [0.25, 0.3) is 0 Å². The molecule has 1 atom stereocenters. The molecule has 0 radical (unpaired) electrons. The summed E-state index contributed by atoms with van der Waals surface area (Å²) in [6.07, 6.45) is 5.60. The van der Waals surface area contributed by atoms with E-state index >= 15 is 0 Å². The van der Waals surface area contributed by atoms with Gasteiger partial charge in [-0.05, 0) is 19.3 Å². The van der Waals surface area contributed by atoms with Crippen molar-refractivity contribution in [3.63, 3.8) is 0 Å². The molecule has 1 aliphatic carbocycles. The first kappa shape index (κ1) is 6.75. The maximum absolute atomic E-state index is 7.41. The third kappa shape index (κ3) is 1.79. The van der Waals surface area contributed by atoms with E-state index in [2.05, 4.69) is 0 Å². The SMILES string of the molecule is N=C1CCCCC[C@@H]1N. The van der Waals surface area contributed by atoms with Crippen LogP contribution >= 0.6 is 0 Å². The topological polar surface area (TPSA) is 49.9 Å². The fraction of sp³-hybridized carbons (Fsp3) is 0.857. The molecule has 0 aromatic carbocycles. The molecule has 0 amide bonds. The number of nitrogens with one attached hydrogen (secondary N) is 1. The molecule has 0 unspecified atom stereocenters. The van der Waals surface area contributed by atoms with Crippen LogP contribution in [0.1, 0.15) is 32.1 Å². The van der Waals surface area contributed by atoms with Crippen LogP contribution in [0.2, 0.25) is 0 Å². The van der Waals surface area contributed by atoms with Crippen LogP contribution in [0.15, 0.2) is 0 Å². The Morgan fingerprint density at radius 1 is 1.33 bits per heavy atom. The van der Waals surface area contributed by atoms with Crippen LogP contribution in [-0.4, -0.2) is 11.8 Å². The van der Waals surface area contributed by atoms with Gasteiger partial charge in [-0.25, -0.2) is 0 Å². The molecule has 0 spiro atoms. The molecule has 1 fully saturated rings. The van der Waals surface area contributed by atoms with E-state index in [1.54, 1.807) is 0 Å². The summed E-state index contributed by atoms with van der Waals surface area (Å²) in [4.78, 5) is 0. The van der Waals surface area contributed by atoms with Crippen molar-refractivity contribution in [1.29, 1.82) is 5.41 Å². The van der Waals surface area contributed by atoms with Crippen LogP contribution in [0, 0.1) is 5.41 Å². The van der Waals surface area contributed by atoms with Gasteiger partial charge in [-0.2, -0.15) is 0 Å². The molecule has 9 heavy (non-hydrogen) atoms. The molecular weight excluding hydrogens is 112 g/mol. The lowest BCUT2D eigenvalue weighted by molar-refractivity contribution is 0.666. The van der Waals surface area contributed by atoms with E-state index in [9.17, 15) is 0 Å². The van der Waals surface area contributed by atoms with Crippen LogP contribution in [0.4, 0.5) is 0 Å². The average molecular weight is 126 g/mol. The first-order valence-corrected chi connectivity index (χ1v) is 3.63. The van der Waals surface area contributed by atoms with Crippen LogP contribution in [0.5, 0.6) is 0 Å². The summed E-state index contributed by atoms with van der Waals surface area (Å²) in [6.45, 7) is 0. The summed E-state index contributed by atoms with van der Waals surface area (Å²) in [5.41, 5.74) is 6.41. The molecule has 2 nitrogen and oxygen atoms in total. The fourth-order valence-corrected chi connectivity index (χ4v) is 1.22. The minimum absolute atomic E-state index is 0.0764. The highest BCUT2D eigenvalue weighted by molar-refractivity contribution is 5.86. The maximum atomic E-state index is 7.41. The van der Waals surface area contributed by atoms with E-state index in [1.807, 2.05) is 0 Å². The van der Waals surface area contributed by atoms with Crippen molar-refractivity contribution in [3.8, 4) is 0 Å². The summed E-state index contributed by atoms with van der Waals surface area (Å²) < 4.78 is 0. The number of rotatable bonds is 0. The third-order valence-corrected chi connectivity index (χ3v) is 1.91. The zero-order valence-corrected chi connectivity index (χ0v) is 5.69. The van der Waals surface area contributed by atoms with Gasteiger partial charge in [0.05, 0.1) is 0 Å². The normalized spacial score (nSPS) is 29.9. The van der Waals surface area contributed by atoms with Crippen LogP contribution < -0.4 is 5.73 Å². The van der Waals surface area contributed by atoms with Gasteiger partial charge in [-0.1, -0.05) is 12.8 Å². The lowest BCUT2D eigenvalue weighted by atomic mass is 10.1. The number of hydrogen-bond acceptors (Lipinski definition) is 2. The van der Waals surface area contributed by atoms with Crippen molar-refractivity contribution >= 4 is 5.71 Å². The highest BCUT2D eigenvalue weighted by atomic mass is 14.7. The molecule has 0 bridgehead atoms. The van der Waals surface area contributed by atoms with Crippen molar-refractivity contribution in [2.24, 2.45) is 5.73 Å². The van der Waals surface area contributed by atoms with Crippen molar-refractivity contribution in [3.05, 3.63) is 0 Å². The van der Waals surface area contributed by atoms with Gasteiger partial charge in [-0.3, -0.25) is 0 Å². The van der Waals surface area contributed by atoms with Gasteiger partial charge in [0, 0.05) is 11.8 Å². The lowest BCUT2D eigenvalue weighted by Gasteiger charge is -2.06. The molecule has 52 valence electrons. The summed E-state index contributed by atoms with van der Waals surface area (Å²) in [6, 6.07) is 0.0764. The summed E-state index contributed by atoms with van der Waals surface area (Å²) >= 11 is 0. The molecule has 2 heteroatoms. The van der Waals surface area contributed by atoms with Gasteiger partial charge in [0.25, 0.3) is 0 Å². The Balaban J connectivity index is 2.41. The lowest BCUT2D eigenvalue weighted by Crippen LogP contribution is -2.28. The molecule has 0 aromatic heterocycles. The van der Waals surface area contributed by atoms with Crippen LogP contribution in [0.3, 0.4) is 0 Å². The second kappa shape index (κ2) is 2.97. The maximum Gasteiger partial charge on any atom is 0.0423 e. The number of nitrogens with two attached hydrogens (primary N) is 1. The van der Waals surface area contributed by atoms with Crippen molar-refractivity contribution < 1.29 is 0 Å². The van der Waals surface area contributed by atoms with E-state index < -0.39 is 0 Å². The predicted octanol–water partition coefficient (Wildman–Crippen LogP) is 1.30. The molecular formula is C7H14N2. The Labute approximate surface area is 55.9 Å². The van der Waals surface area contributed by atoms with Gasteiger partial charge >= 0.3 is 0 Å². The molecule has 1 rings (SSSR count). The Morgan fingerprint density at radius 2 is 2.11 bits per heavy atom. The summed E-state index contributed by atoms with van der Waals surface area (Å²) in [5, 5.41) is 7.41. The zero-order chi connectivity index (χ0) is 6.69. The van der Waals surface area contributed by atoms with E-state index in [1.165, 1.54) is 19.3 Å². The molecule has 1 aliphatic rings. The predicted molar refractivity (Wildman–Crippen MR) is 38.8 cm³/mol. The molecule has 0 aromatic rings. The fourth-order valence-electron chi connectivity index (χ4n) is 1.22.